The Bertz CT molecular complexity index is 1270. The summed E-state index contributed by atoms with van der Waals surface area (Å²) >= 11 is -2.28. The van der Waals surface area contributed by atoms with Crippen molar-refractivity contribution in [2.45, 2.75) is 25.3 Å². The van der Waals surface area contributed by atoms with Gasteiger partial charge in [-0.3, -0.25) is 13.7 Å². The van der Waals surface area contributed by atoms with Crippen LogP contribution >= 0.6 is 0 Å². The fraction of sp³-hybridized carbons (Fsp3) is 0.259. The molecular formula is C27H28N2O6S. The molecule has 8 nitrogen and oxygen atoms in total. The molecule has 1 aliphatic carbocycles. The fourth-order valence-corrected chi connectivity index (χ4v) is 5.29. The van der Waals surface area contributed by atoms with Gasteiger partial charge in [0.1, 0.15) is 5.75 Å². The Morgan fingerprint density at radius 1 is 1.00 bits per heavy atom. The third-order valence-electron chi connectivity index (χ3n) is 6.23. The zero-order valence-corrected chi connectivity index (χ0v) is 20.9. The SMILES string of the molecule is CN(C)C(=O)c1ccc(-c2ccc(N(C3CCCc4c(OCC(=O)O)cccc43)S(=O)O)cc2)cc1. The molecule has 1 aliphatic rings. The van der Waals surface area contributed by atoms with E-state index in [-0.39, 0.29) is 11.9 Å². The average molecular weight is 509 g/mol. The summed E-state index contributed by atoms with van der Waals surface area (Å²) in [5.41, 5.74) is 4.77. The maximum atomic E-state index is 12.5. The summed E-state index contributed by atoms with van der Waals surface area (Å²) < 4.78 is 29.7. The number of fused-ring (bicyclic) bond motifs is 1. The molecule has 0 radical (unpaired) electrons. The predicted molar refractivity (Wildman–Crippen MR) is 138 cm³/mol. The van der Waals surface area contributed by atoms with E-state index in [0.717, 1.165) is 28.7 Å². The first-order chi connectivity index (χ1) is 17.3. The van der Waals surface area contributed by atoms with Gasteiger partial charge in [-0.25, -0.2) is 9.00 Å². The van der Waals surface area contributed by atoms with E-state index >= 15 is 0 Å². The van der Waals surface area contributed by atoms with Gasteiger partial charge in [-0.05, 0) is 71.8 Å². The van der Waals surface area contributed by atoms with Gasteiger partial charge < -0.3 is 14.7 Å². The van der Waals surface area contributed by atoms with Crippen molar-refractivity contribution in [1.29, 1.82) is 0 Å². The maximum Gasteiger partial charge on any atom is 0.341 e. The minimum absolute atomic E-state index is 0.0674. The van der Waals surface area contributed by atoms with Crippen LogP contribution < -0.4 is 9.04 Å². The number of hydrogen-bond donors (Lipinski definition) is 2. The van der Waals surface area contributed by atoms with Crippen molar-refractivity contribution in [3.8, 4) is 16.9 Å². The Kier molecular flexibility index (Phi) is 7.71. The second-order valence-corrected chi connectivity index (χ2v) is 9.65. The van der Waals surface area contributed by atoms with Crippen LogP contribution in [0.15, 0.2) is 66.7 Å². The Morgan fingerprint density at radius 3 is 2.22 bits per heavy atom. The maximum absolute atomic E-state index is 12.5. The average Bonchev–Trinajstić information content (AvgIpc) is 2.87. The van der Waals surface area contributed by atoms with E-state index in [2.05, 4.69) is 0 Å². The second kappa shape index (κ2) is 10.9. The first-order valence-electron chi connectivity index (χ1n) is 11.5. The van der Waals surface area contributed by atoms with Gasteiger partial charge in [0.05, 0.1) is 11.7 Å². The molecule has 3 aromatic rings. The van der Waals surface area contributed by atoms with E-state index in [4.69, 9.17) is 9.84 Å². The highest BCUT2D eigenvalue weighted by atomic mass is 32.2. The molecule has 36 heavy (non-hydrogen) atoms. The van der Waals surface area contributed by atoms with E-state index < -0.39 is 23.8 Å². The lowest BCUT2D eigenvalue weighted by molar-refractivity contribution is -0.139. The molecule has 0 spiro atoms. The highest BCUT2D eigenvalue weighted by molar-refractivity contribution is 7.80. The summed E-state index contributed by atoms with van der Waals surface area (Å²) in [4.78, 5) is 24.6. The lowest BCUT2D eigenvalue weighted by Gasteiger charge is -2.35. The Labute approximate surface area is 212 Å². The highest BCUT2D eigenvalue weighted by Crippen LogP contribution is 2.41. The van der Waals surface area contributed by atoms with Gasteiger partial charge in [0.15, 0.2) is 6.61 Å². The molecule has 0 heterocycles. The largest absolute Gasteiger partial charge is 0.482 e. The molecule has 1 amide bonds. The van der Waals surface area contributed by atoms with Crippen LogP contribution in [-0.4, -0.2) is 51.3 Å². The topological polar surface area (TPSA) is 107 Å². The molecule has 0 fully saturated rings. The van der Waals surface area contributed by atoms with Crippen molar-refractivity contribution in [2.24, 2.45) is 0 Å². The van der Waals surface area contributed by atoms with Crippen LogP contribution in [0.2, 0.25) is 0 Å². The van der Waals surface area contributed by atoms with Gasteiger partial charge >= 0.3 is 5.97 Å². The number of aliphatic carboxylic acids is 1. The third kappa shape index (κ3) is 5.42. The molecule has 0 bridgehead atoms. The zero-order chi connectivity index (χ0) is 25.8. The van der Waals surface area contributed by atoms with Crippen LogP contribution in [0.25, 0.3) is 11.1 Å². The number of rotatable bonds is 8. The smallest absolute Gasteiger partial charge is 0.341 e. The molecule has 2 N–H and O–H groups in total. The molecule has 4 rings (SSSR count). The number of carboxylic acid groups (broad SMARTS) is 1. The molecule has 2 unspecified atom stereocenters. The van der Waals surface area contributed by atoms with Crippen molar-refractivity contribution in [2.75, 3.05) is 25.0 Å². The monoisotopic (exact) mass is 508 g/mol. The van der Waals surface area contributed by atoms with Gasteiger partial charge in [-0.1, -0.05) is 36.4 Å². The first-order valence-corrected chi connectivity index (χ1v) is 12.6. The number of anilines is 1. The van der Waals surface area contributed by atoms with Crippen molar-refractivity contribution in [3.63, 3.8) is 0 Å². The number of hydrogen-bond acceptors (Lipinski definition) is 4. The lowest BCUT2D eigenvalue weighted by Crippen LogP contribution is -2.33. The van der Waals surface area contributed by atoms with Gasteiger partial charge in [-0.2, -0.15) is 0 Å². The van der Waals surface area contributed by atoms with Crippen LogP contribution in [-0.2, 0) is 22.5 Å². The minimum Gasteiger partial charge on any atom is -0.482 e. The van der Waals surface area contributed by atoms with E-state index in [1.165, 1.54) is 9.21 Å². The predicted octanol–water partition coefficient (Wildman–Crippen LogP) is 4.54. The highest BCUT2D eigenvalue weighted by Gasteiger charge is 2.31. The normalized spacial score (nSPS) is 15.5. The molecular weight excluding hydrogens is 480 g/mol. The molecule has 9 heteroatoms. The number of carboxylic acids is 1. The number of ether oxygens (including phenoxy) is 1. The van der Waals surface area contributed by atoms with E-state index in [9.17, 15) is 18.4 Å². The minimum atomic E-state index is -2.28. The van der Waals surface area contributed by atoms with E-state index in [0.29, 0.717) is 29.8 Å². The Balaban J connectivity index is 1.61. The van der Waals surface area contributed by atoms with Gasteiger partial charge in [0, 0.05) is 19.7 Å². The van der Waals surface area contributed by atoms with Crippen molar-refractivity contribution in [1.82, 2.24) is 4.90 Å². The van der Waals surface area contributed by atoms with Gasteiger partial charge in [0.25, 0.3) is 17.2 Å². The second-order valence-electron chi connectivity index (χ2n) is 8.79. The summed E-state index contributed by atoms with van der Waals surface area (Å²) in [6, 6.07) is 19.7. The molecule has 188 valence electrons. The molecule has 0 aromatic heterocycles. The quantitative estimate of drug-likeness (QED) is 0.433. The molecule has 0 saturated heterocycles. The van der Waals surface area contributed by atoms with Crippen molar-refractivity contribution in [3.05, 3.63) is 83.4 Å². The summed E-state index contributed by atoms with van der Waals surface area (Å²) in [6.07, 6.45) is 2.15. The molecule has 0 aliphatic heterocycles. The standard InChI is InChI=1S/C27H28N2O6S/c1-28(2)27(32)20-11-9-18(10-12-20)19-13-15-21(16-14-19)29(36(33)34)24-7-3-6-23-22(24)5-4-8-25(23)35-17-26(30)31/h4-5,8-16,24H,3,6-7,17H2,1-2H3,(H,30,31)(H,33,34). The van der Waals surface area contributed by atoms with Crippen molar-refractivity contribution < 1.29 is 28.2 Å². The summed E-state index contributed by atoms with van der Waals surface area (Å²) in [5, 5.41) is 8.98. The number of amides is 1. The van der Waals surface area contributed by atoms with Gasteiger partial charge in [-0.15, -0.1) is 0 Å². The Morgan fingerprint density at radius 2 is 1.64 bits per heavy atom. The van der Waals surface area contributed by atoms with Crippen LogP contribution in [0.3, 0.4) is 0 Å². The van der Waals surface area contributed by atoms with Crippen molar-refractivity contribution >= 4 is 28.8 Å². The number of nitrogens with zero attached hydrogens (tertiary/aromatic N) is 2. The third-order valence-corrected chi connectivity index (χ3v) is 7.03. The number of carbonyl (C=O) groups excluding carboxylic acids is 1. The zero-order valence-electron chi connectivity index (χ0n) is 20.1. The van der Waals surface area contributed by atoms with Crippen LogP contribution in [0.4, 0.5) is 5.69 Å². The summed E-state index contributed by atoms with van der Waals surface area (Å²) in [5.74, 6) is -0.630. The fourth-order valence-electron chi connectivity index (χ4n) is 4.55. The molecule has 2 atom stereocenters. The van der Waals surface area contributed by atoms with Crippen LogP contribution in [0.1, 0.15) is 40.4 Å². The Hall–Kier alpha value is -3.69. The molecule has 3 aromatic carbocycles. The first kappa shape index (κ1) is 25.4. The van der Waals surface area contributed by atoms with Crippen LogP contribution in [0, 0.1) is 0 Å². The number of carbonyl (C=O) groups is 2. The summed E-state index contributed by atoms with van der Waals surface area (Å²) in [7, 11) is 3.42. The van der Waals surface area contributed by atoms with E-state index in [1.807, 2.05) is 30.3 Å². The number of benzene rings is 3. The molecule has 0 saturated carbocycles. The summed E-state index contributed by atoms with van der Waals surface area (Å²) in [6.45, 7) is -0.442. The lowest BCUT2D eigenvalue weighted by atomic mass is 9.87. The van der Waals surface area contributed by atoms with Gasteiger partial charge in [0.2, 0.25) is 0 Å². The van der Waals surface area contributed by atoms with Crippen LogP contribution in [0.5, 0.6) is 5.75 Å². The van der Waals surface area contributed by atoms with E-state index in [1.54, 1.807) is 50.5 Å².